The number of nitrogens with zero attached hydrogens (tertiary/aromatic N) is 3. The highest BCUT2D eigenvalue weighted by atomic mass is 19.1. The van der Waals surface area contributed by atoms with Gasteiger partial charge in [0.1, 0.15) is 24.3 Å². The summed E-state index contributed by atoms with van der Waals surface area (Å²) in [6, 6.07) is 13.0. The molecule has 1 aliphatic heterocycles. The molecule has 31 heavy (non-hydrogen) atoms. The van der Waals surface area contributed by atoms with Crippen molar-refractivity contribution in [3.8, 4) is 11.8 Å². The molecular weight excluding hydrogens is 401 g/mol. The largest absolute Gasteiger partial charge is 0.491 e. The lowest BCUT2D eigenvalue weighted by Crippen LogP contribution is -2.49. The number of piperazine rings is 1. The quantitative estimate of drug-likeness (QED) is 0.648. The van der Waals surface area contributed by atoms with Crippen LogP contribution in [0.25, 0.3) is 0 Å². The monoisotopic (exact) mass is 427 g/mol. The first-order chi connectivity index (χ1) is 15.0. The van der Waals surface area contributed by atoms with Crippen molar-refractivity contribution in [2.45, 2.75) is 13.0 Å². The zero-order chi connectivity index (χ0) is 22.2. The molecule has 1 unspecified atom stereocenters. The van der Waals surface area contributed by atoms with Gasteiger partial charge in [-0.25, -0.2) is 9.18 Å². The second kappa shape index (κ2) is 10.8. The number of hydrogen-bond donors (Lipinski definition) is 1. The molecule has 0 spiro atoms. The highest BCUT2D eigenvalue weighted by molar-refractivity contribution is 5.89. The average molecular weight is 427 g/mol. The Balaban J connectivity index is 1.42. The van der Waals surface area contributed by atoms with Gasteiger partial charge in [-0.1, -0.05) is 0 Å². The number of hydrogen-bond acceptors (Lipinski definition) is 7. The molecule has 0 aromatic heterocycles. The molecule has 1 fully saturated rings. The van der Waals surface area contributed by atoms with E-state index in [0.29, 0.717) is 61.9 Å². The van der Waals surface area contributed by atoms with Crippen LogP contribution in [0.15, 0.2) is 42.5 Å². The van der Waals surface area contributed by atoms with E-state index < -0.39 is 11.9 Å². The predicted molar refractivity (Wildman–Crippen MR) is 114 cm³/mol. The molecule has 3 rings (SSSR count). The number of rotatable bonds is 8. The maximum Gasteiger partial charge on any atom is 0.338 e. The summed E-state index contributed by atoms with van der Waals surface area (Å²) in [6.45, 7) is 5.28. The third kappa shape index (κ3) is 6.17. The fourth-order valence-electron chi connectivity index (χ4n) is 3.45. The van der Waals surface area contributed by atoms with Crippen LogP contribution in [0.5, 0.6) is 5.75 Å². The van der Waals surface area contributed by atoms with Crippen molar-refractivity contribution in [2.24, 2.45) is 0 Å². The smallest absolute Gasteiger partial charge is 0.338 e. The Hall–Kier alpha value is -3.15. The van der Waals surface area contributed by atoms with E-state index in [4.69, 9.17) is 14.7 Å². The van der Waals surface area contributed by atoms with E-state index in [1.807, 2.05) is 11.0 Å². The number of esters is 1. The van der Waals surface area contributed by atoms with Crippen molar-refractivity contribution in [2.75, 3.05) is 50.8 Å². The number of nitriles is 1. The molecule has 2 aromatic rings. The van der Waals surface area contributed by atoms with Crippen LogP contribution >= 0.6 is 0 Å². The molecule has 1 aliphatic rings. The van der Waals surface area contributed by atoms with Gasteiger partial charge >= 0.3 is 5.97 Å². The second-order valence-electron chi connectivity index (χ2n) is 7.28. The lowest BCUT2D eigenvalue weighted by molar-refractivity contribution is 0.0525. The summed E-state index contributed by atoms with van der Waals surface area (Å²) in [5.74, 6) is -0.211. The number of ether oxygens (including phenoxy) is 2. The Morgan fingerprint density at radius 2 is 1.90 bits per heavy atom. The molecule has 1 heterocycles. The van der Waals surface area contributed by atoms with E-state index >= 15 is 0 Å². The van der Waals surface area contributed by atoms with Crippen LogP contribution in [0.4, 0.5) is 10.1 Å². The molecule has 2 aromatic carbocycles. The minimum atomic E-state index is -0.678. The van der Waals surface area contributed by atoms with Gasteiger partial charge in [-0.3, -0.25) is 4.90 Å². The Morgan fingerprint density at radius 1 is 1.19 bits per heavy atom. The van der Waals surface area contributed by atoms with E-state index in [9.17, 15) is 14.3 Å². The Kier molecular flexibility index (Phi) is 7.82. The highest BCUT2D eigenvalue weighted by Gasteiger charge is 2.21. The predicted octanol–water partition coefficient (Wildman–Crippen LogP) is 2.44. The molecule has 7 nitrogen and oxygen atoms in total. The van der Waals surface area contributed by atoms with Crippen LogP contribution in [0.2, 0.25) is 0 Å². The summed E-state index contributed by atoms with van der Waals surface area (Å²) < 4.78 is 24.8. The SMILES string of the molecule is CCOC(=O)c1ccc(OCC(O)CN2CCN(c3ccc(C#N)cc3F)CC2)cc1. The number of carbonyl (C=O) groups excluding carboxylic acids is 1. The van der Waals surface area contributed by atoms with Gasteiger partial charge in [0.2, 0.25) is 0 Å². The third-order valence-electron chi connectivity index (χ3n) is 5.07. The molecule has 1 atom stereocenters. The van der Waals surface area contributed by atoms with Crippen molar-refractivity contribution in [1.82, 2.24) is 4.90 Å². The number of anilines is 1. The first kappa shape index (κ1) is 22.5. The molecule has 0 radical (unpaired) electrons. The van der Waals surface area contributed by atoms with Gasteiger partial charge in [0, 0.05) is 32.7 Å². The van der Waals surface area contributed by atoms with Crippen molar-refractivity contribution >= 4 is 11.7 Å². The van der Waals surface area contributed by atoms with E-state index in [1.54, 1.807) is 43.3 Å². The van der Waals surface area contributed by atoms with Crippen molar-refractivity contribution in [3.05, 3.63) is 59.4 Å². The normalized spacial score (nSPS) is 15.2. The zero-order valence-corrected chi connectivity index (χ0v) is 17.5. The van der Waals surface area contributed by atoms with Gasteiger partial charge in [0.25, 0.3) is 0 Å². The fraction of sp³-hybridized carbons (Fsp3) is 0.391. The lowest BCUT2D eigenvalue weighted by Gasteiger charge is -2.37. The van der Waals surface area contributed by atoms with Crippen LogP contribution < -0.4 is 9.64 Å². The standard InChI is InChI=1S/C23H26FN3O4/c1-2-30-23(29)18-4-6-20(7-5-18)31-16-19(28)15-26-9-11-27(12-10-26)22-8-3-17(14-25)13-21(22)24/h3-8,13,19,28H,2,9-12,15-16H2,1H3. The maximum atomic E-state index is 14.2. The number of benzene rings is 2. The molecule has 164 valence electrons. The van der Waals surface area contributed by atoms with Gasteiger partial charge < -0.3 is 19.5 Å². The summed E-state index contributed by atoms with van der Waals surface area (Å²) in [6.07, 6.45) is -0.678. The molecule has 1 saturated heterocycles. The van der Waals surface area contributed by atoms with Crippen LogP contribution in [-0.2, 0) is 4.74 Å². The Bertz CT molecular complexity index is 921. The number of aliphatic hydroxyl groups excluding tert-OH is 1. The molecule has 0 amide bonds. The number of aliphatic hydroxyl groups is 1. The van der Waals surface area contributed by atoms with Crippen molar-refractivity contribution < 1.29 is 23.8 Å². The molecular formula is C23H26FN3O4. The van der Waals surface area contributed by atoms with Gasteiger partial charge in [0.05, 0.1) is 29.5 Å². The highest BCUT2D eigenvalue weighted by Crippen LogP contribution is 2.22. The molecule has 0 aliphatic carbocycles. The Morgan fingerprint density at radius 3 is 2.52 bits per heavy atom. The first-order valence-electron chi connectivity index (χ1n) is 10.2. The van der Waals surface area contributed by atoms with E-state index in [0.717, 1.165) is 0 Å². The number of β-amino-alcohol motifs (C(OH)–C–C–N with tert-alkyl or cyclic N) is 1. The summed E-state index contributed by atoms with van der Waals surface area (Å²) in [7, 11) is 0. The fourth-order valence-corrected chi connectivity index (χ4v) is 3.45. The third-order valence-corrected chi connectivity index (χ3v) is 5.07. The summed E-state index contributed by atoms with van der Waals surface area (Å²) in [4.78, 5) is 15.7. The first-order valence-corrected chi connectivity index (χ1v) is 10.2. The number of carbonyl (C=O) groups is 1. The van der Waals surface area contributed by atoms with Crippen LogP contribution in [0.3, 0.4) is 0 Å². The van der Waals surface area contributed by atoms with Gasteiger partial charge in [-0.05, 0) is 49.4 Å². The van der Waals surface area contributed by atoms with Gasteiger partial charge in [-0.2, -0.15) is 5.26 Å². The van der Waals surface area contributed by atoms with Gasteiger partial charge in [-0.15, -0.1) is 0 Å². The molecule has 0 bridgehead atoms. The molecule has 1 N–H and O–H groups in total. The minimum Gasteiger partial charge on any atom is -0.491 e. The van der Waals surface area contributed by atoms with E-state index in [2.05, 4.69) is 4.90 Å². The van der Waals surface area contributed by atoms with Crippen LogP contribution in [-0.4, -0.2) is 68.0 Å². The second-order valence-corrected chi connectivity index (χ2v) is 7.28. The maximum absolute atomic E-state index is 14.2. The van der Waals surface area contributed by atoms with E-state index in [1.165, 1.54) is 6.07 Å². The van der Waals surface area contributed by atoms with Crippen molar-refractivity contribution in [1.29, 1.82) is 5.26 Å². The average Bonchev–Trinajstić information content (AvgIpc) is 2.79. The summed E-state index contributed by atoms with van der Waals surface area (Å²) in [5.41, 5.74) is 1.25. The van der Waals surface area contributed by atoms with Crippen LogP contribution in [0, 0.1) is 17.1 Å². The number of halogens is 1. The Labute approximate surface area is 181 Å². The van der Waals surface area contributed by atoms with E-state index in [-0.39, 0.29) is 12.6 Å². The zero-order valence-electron chi connectivity index (χ0n) is 17.5. The summed E-state index contributed by atoms with van der Waals surface area (Å²) in [5, 5.41) is 19.2. The molecule has 0 saturated carbocycles. The topological polar surface area (TPSA) is 86.0 Å². The minimum absolute atomic E-state index is 0.128. The summed E-state index contributed by atoms with van der Waals surface area (Å²) >= 11 is 0. The molecule has 8 heteroatoms. The van der Waals surface area contributed by atoms with Crippen molar-refractivity contribution in [3.63, 3.8) is 0 Å². The van der Waals surface area contributed by atoms with Crippen LogP contribution in [0.1, 0.15) is 22.8 Å². The lowest BCUT2D eigenvalue weighted by atomic mass is 10.1. The van der Waals surface area contributed by atoms with Gasteiger partial charge in [0.15, 0.2) is 0 Å².